The molecule has 2 N–H and O–H groups in total. The van der Waals surface area contributed by atoms with E-state index in [0.717, 1.165) is 11.1 Å². The highest BCUT2D eigenvalue weighted by atomic mass is 35.5. The summed E-state index contributed by atoms with van der Waals surface area (Å²) in [7, 11) is 0. The minimum absolute atomic E-state index is 0.0653. The Morgan fingerprint density at radius 2 is 1.68 bits per heavy atom. The quantitative estimate of drug-likeness (QED) is 0.236. The molecular formula is C30H26ClN5O4. The number of halogens is 1. The standard InChI is InChI=1S/C30H26ClN5O4/c1-2-23(27(37)30-35-24-10-5-6-11-26(24)40-30)33-29(39)25(18-36-17-7-16-32-36)34-28(38)20-14-12-19(13-15-20)21-8-3-4-9-22(21)31/h3-17,23,25H,2,18H2,1H3,(H,33,39)(H,34,38)/t23-,25-/m0/s1. The van der Waals surface area contributed by atoms with E-state index in [2.05, 4.69) is 20.7 Å². The number of carbonyl (C=O) groups excluding carboxylic acids is 3. The molecule has 2 heterocycles. The summed E-state index contributed by atoms with van der Waals surface area (Å²) in [6.07, 6.45) is 3.57. The van der Waals surface area contributed by atoms with E-state index in [4.69, 9.17) is 16.0 Å². The van der Waals surface area contributed by atoms with E-state index in [9.17, 15) is 14.4 Å². The molecule has 0 aliphatic rings. The smallest absolute Gasteiger partial charge is 0.266 e. The molecule has 9 nitrogen and oxygen atoms in total. The molecular weight excluding hydrogens is 530 g/mol. The monoisotopic (exact) mass is 555 g/mol. The molecule has 0 radical (unpaired) electrons. The van der Waals surface area contributed by atoms with Crippen LogP contribution in [0.1, 0.15) is 34.4 Å². The molecule has 0 saturated carbocycles. The van der Waals surface area contributed by atoms with E-state index < -0.39 is 29.7 Å². The van der Waals surface area contributed by atoms with E-state index in [-0.39, 0.29) is 12.4 Å². The van der Waals surface area contributed by atoms with Crippen molar-refractivity contribution in [2.75, 3.05) is 0 Å². The molecule has 0 fully saturated rings. The zero-order chi connectivity index (χ0) is 28.1. The number of amides is 2. The first kappa shape index (κ1) is 26.8. The molecule has 0 bridgehead atoms. The molecule has 0 aliphatic heterocycles. The molecule has 0 spiro atoms. The molecule has 2 amide bonds. The number of nitrogens with zero attached hydrogens (tertiary/aromatic N) is 3. The molecule has 5 rings (SSSR count). The Morgan fingerprint density at radius 3 is 2.38 bits per heavy atom. The van der Waals surface area contributed by atoms with Crippen LogP contribution in [0.25, 0.3) is 22.2 Å². The number of benzene rings is 3. The number of ketones is 1. The second-order valence-electron chi connectivity index (χ2n) is 9.13. The number of oxazole rings is 1. The highest BCUT2D eigenvalue weighted by Gasteiger charge is 2.29. The number of hydrogen-bond donors (Lipinski definition) is 2. The Hall–Kier alpha value is -4.76. The maximum atomic E-state index is 13.4. The SMILES string of the molecule is CC[C@H](NC(=O)[C@H](Cn1cccn1)NC(=O)c1ccc(-c2ccccc2Cl)cc1)C(=O)c1nc2ccccc2o1. The first-order valence-electron chi connectivity index (χ1n) is 12.8. The van der Waals surface area contributed by atoms with Gasteiger partial charge in [0.2, 0.25) is 11.7 Å². The van der Waals surface area contributed by atoms with Crippen molar-refractivity contribution in [3.05, 3.63) is 108 Å². The normalized spacial score (nSPS) is 12.6. The van der Waals surface area contributed by atoms with Crippen molar-refractivity contribution >= 4 is 40.3 Å². The molecule has 202 valence electrons. The lowest BCUT2D eigenvalue weighted by Gasteiger charge is -2.22. The number of aromatic nitrogens is 3. The maximum Gasteiger partial charge on any atom is 0.266 e. The Kier molecular flexibility index (Phi) is 8.02. The highest BCUT2D eigenvalue weighted by molar-refractivity contribution is 6.33. The van der Waals surface area contributed by atoms with E-state index in [1.54, 1.807) is 80.0 Å². The van der Waals surface area contributed by atoms with E-state index >= 15 is 0 Å². The number of carbonyl (C=O) groups is 3. The zero-order valence-electron chi connectivity index (χ0n) is 21.6. The van der Waals surface area contributed by atoms with Gasteiger partial charge in [-0.1, -0.05) is 61.0 Å². The molecule has 5 aromatic rings. The van der Waals surface area contributed by atoms with Gasteiger partial charge in [-0.2, -0.15) is 5.10 Å². The maximum absolute atomic E-state index is 13.4. The molecule has 2 aromatic heterocycles. The van der Waals surface area contributed by atoms with Crippen LogP contribution in [0.4, 0.5) is 0 Å². The van der Waals surface area contributed by atoms with Crippen LogP contribution in [-0.4, -0.2) is 44.4 Å². The van der Waals surface area contributed by atoms with Gasteiger partial charge in [0.05, 0.1) is 12.6 Å². The summed E-state index contributed by atoms with van der Waals surface area (Å²) >= 11 is 6.30. The number of nitrogens with one attached hydrogen (secondary N) is 2. The van der Waals surface area contributed by atoms with Crippen LogP contribution in [0.5, 0.6) is 0 Å². The van der Waals surface area contributed by atoms with Crippen LogP contribution in [-0.2, 0) is 11.3 Å². The summed E-state index contributed by atoms with van der Waals surface area (Å²) in [6.45, 7) is 1.84. The Bertz CT molecular complexity index is 1610. The van der Waals surface area contributed by atoms with Crippen LogP contribution in [0.3, 0.4) is 0 Å². The van der Waals surface area contributed by atoms with Crippen molar-refractivity contribution < 1.29 is 18.8 Å². The van der Waals surface area contributed by atoms with Crippen molar-refractivity contribution in [2.24, 2.45) is 0 Å². The third kappa shape index (κ3) is 5.94. The van der Waals surface area contributed by atoms with Gasteiger partial charge in [0.25, 0.3) is 11.8 Å². The molecule has 10 heteroatoms. The predicted molar refractivity (Wildman–Crippen MR) is 151 cm³/mol. The minimum Gasteiger partial charge on any atom is -0.434 e. The average molecular weight is 556 g/mol. The van der Waals surface area contributed by atoms with Gasteiger partial charge in [0.15, 0.2) is 5.58 Å². The van der Waals surface area contributed by atoms with Gasteiger partial charge in [-0.3, -0.25) is 19.1 Å². The van der Waals surface area contributed by atoms with Crippen LogP contribution in [0.2, 0.25) is 5.02 Å². The first-order valence-corrected chi connectivity index (χ1v) is 13.1. The topological polar surface area (TPSA) is 119 Å². The van der Waals surface area contributed by atoms with E-state index in [0.29, 0.717) is 28.1 Å². The summed E-state index contributed by atoms with van der Waals surface area (Å²) in [4.78, 5) is 44.0. The lowest BCUT2D eigenvalue weighted by molar-refractivity contribution is -0.123. The zero-order valence-corrected chi connectivity index (χ0v) is 22.3. The second-order valence-corrected chi connectivity index (χ2v) is 9.54. The number of para-hydroxylation sites is 2. The lowest BCUT2D eigenvalue weighted by Crippen LogP contribution is -2.53. The molecule has 0 unspecified atom stereocenters. The third-order valence-corrected chi connectivity index (χ3v) is 6.76. The second kappa shape index (κ2) is 12.0. The number of Topliss-reactive ketones (excluding diaryl/α,β-unsaturated/α-hetero) is 1. The van der Waals surface area contributed by atoms with Gasteiger partial charge in [-0.05, 0) is 48.4 Å². The first-order chi connectivity index (χ1) is 19.4. The molecule has 3 aromatic carbocycles. The van der Waals surface area contributed by atoms with Gasteiger partial charge in [-0.15, -0.1) is 0 Å². The van der Waals surface area contributed by atoms with Crippen molar-refractivity contribution in [2.45, 2.75) is 32.0 Å². The minimum atomic E-state index is -1.01. The van der Waals surface area contributed by atoms with Gasteiger partial charge < -0.3 is 15.1 Å². The highest BCUT2D eigenvalue weighted by Crippen LogP contribution is 2.27. The van der Waals surface area contributed by atoms with Gasteiger partial charge in [-0.25, -0.2) is 4.98 Å². The average Bonchev–Trinajstić information content (AvgIpc) is 3.65. The van der Waals surface area contributed by atoms with Gasteiger partial charge in [0.1, 0.15) is 11.6 Å². The van der Waals surface area contributed by atoms with Crippen molar-refractivity contribution in [1.29, 1.82) is 0 Å². The largest absolute Gasteiger partial charge is 0.434 e. The molecule has 2 atom stereocenters. The van der Waals surface area contributed by atoms with Crippen LogP contribution in [0, 0.1) is 0 Å². The van der Waals surface area contributed by atoms with Crippen molar-refractivity contribution in [3.63, 3.8) is 0 Å². The fourth-order valence-electron chi connectivity index (χ4n) is 4.28. The molecule has 0 aliphatic carbocycles. The summed E-state index contributed by atoms with van der Waals surface area (Å²) in [5, 5.41) is 10.3. The van der Waals surface area contributed by atoms with Crippen molar-refractivity contribution in [3.8, 4) is 11.1 Å². The fraction of sp³-hybridized carbons (Fsp3) is 0.167. The van der Waals surface area contributed by atoms with Crippen molar-refractivity contribution in [1.82, 2.24) is 25.4 Å². The Labute approximate surface area is 235 Å². The van der Waals surface area contributed by atoms with Gasteiger partial charge in [0, 0.05) is 28.5 Å². The summed E-state index contributed by atoms with van der Waals surface area (Å²) in [6, 6.07) is 21.2. The Balaban J connectivity index is 1.32. The Morgan fingerprint density at radius 1 is 0.925 bits per heavy atom. The lowest BCUT2D eigenvalue weighted by atomic mass is 10.0. The number of rotatable bonds is 10. The van der Waals surface area contributed by atoms with Crippen LogP contribution in [0.15, 0.2) is 95.7 Å². The third-order valence-electron chi connectivity index (χ3n) is 6.43. The van der Waals surface area contributed by atoms with E-state index in [1.165, 1.54) is 4.68 Å². The number of hydrogen-bond acceptors (Lipinski definition) is 6. The van der Waals surface area contributed by atoms with Crippen LogP contribution >= 0.6 is 11.6 Å². The summed E-state index contributed by atoms with van der Waals surface area (Å²) in [5.41, 5.74) is 3.11. The van der Waals surface area contributed by atoms with Gasteiger partial charge >= 0.3 is 0 Å². The predicted octanol–water partition coefficient (Wildman–Crippen LogP) is 4.92. The van der Waals surface area contributed by atoms with Crippen LogP contribution < -0.4 is 10.6 Å². The molecule has 0 saturated heterocycles. The number of fused-ring (bicyclic) bond motifs is 1. The summed E-state index contributed by atoms with van der Waals surface area (Å²) < 4.78 is 7.14. The summed E-state index contributed by atoms with van der Waals surface area (Å²) in [5.74, 6) is -1.52. The molecule has 40 heavy (non-hydrogen) atoms. The van der Waals surface area contributed by atoms with E-state index in [1.807, 2.05) is 18.2 Å². The fourth-order valence-corrected chi connectivity index (χ4v) is 4.52.